The Morgan fingerprint density at radius 3 is 2.22 bits per heavy atom. The molecule has 4 rings (SSSR count). The molecule has 0 saturated carbocycles. The van der Waals surface area contributed by atoms with Gasteiger partial charge in [-0.2, -0.15) is 0 Å². The predicted molar refractivity (Wildman–Crippen MR) is 140 cm³/mol. The van der Waals surface area contributed by atoms with Crippen LogP contribution in [0.3, 0.4) is 0 Å². The van der Waals surface area contributed by atoms with Gasteiger partial charge in [-0.05, 0) is 47.7 Å². The highest BCUT2D eigenvalue weighted by atomic mass is 32.2. The number of nitrogens with zero attached hydrogens (tertiary/aromatic N) is 1. The smallest absolute Gasteiger partial charge is 0.254 e. The first kappa shape index (κ1) is 25.4. The van der Waals surface area contributed by atoms with E-state index in [4.69, 9.17) is 14.2 Å². The van der Waals surface area contributed by atoms with Crippen LogP contribution in [0.1, 0.15) is 39.0 Å². The van der Waals surface area contributed by atoms with E-state index < -0.39 is 12.0 Å². The van der Waals surface area contributed by atoms with Crippen LogP contribution in [0.25, 0.3) is 0 Å². The summed E-state index contributed by atoms with van der Waals surface area (Å²) in [6.07, 6.45) is 2.01. The molecule has 0 aliphatic carbocycles. The second-order valence-corrected chi connectivity index (χ2v) is 9.32. The summed E-state index contributed by atoms with van der Waals surface area (Å²) in [4.78, 5) is 30.1. The molecule has 8 heteroatoms. The lowest BCUT2D eigenvalue weighted by atomic mass is 9.79. The molecule has 0 spiro atoms. The molecule has 0 fully saturated rings. The van der Waals surface area contributed by atoms with E-state index in [0.29, 0.717) is 28.4 Å². The van der Waals surface area contributed by atoms with E-state index in [1.807, 2.05) is 54.8 Å². The zero-order valence-corrected chi connectivity index (χ0v) is 21.8. The molecule has 1 N–H and O–H groups in total. The molecule has 188 valence electrons. The maximum absolute atomic E-state index is 13.9. The van der Waals surface area contributed by atoms with Gasteiger partial charge < -0.3 is 24.4 Å². The minimum absolute atomic E-state index is 0.182. The van der Waals surface area contributed by atoms with Gasteiger partial charge in [-0.3, -0.25) is 9.59 Å². The predicted octanol–water partition coefficient (Wildman–Crippen LogP) is 4.66. The van der Waals surface area contributed by atoms with Gasteiger partial charge in [-0.1, -0.05) is 30.3 Å². The standard InChI is InChI=1S/C28H30N2O5S/c1-30-26(17-10-12-19(36-5)13-11-17)25(27(31)29-16-18-8-6-7-9-22(18)33-2)20-14-23(34-3)24(35-4)15-21(20)28(30)32/h6-15,25-26H,16H2,1-5H3,(H,29,31)/t25-,26+/m0/s1. The molecule has 0 bridgehead atoms. The normalized spacial score (nSPS) is 16.8. The molecule has 2 atom stereocenters. The van der Waals surface area contributed by atoms with Gasteiger partial charge in [0.25, 0.3) is 5.91 Å². The lowest BCUT2D eigenvalue weighted by Gasteiger charge is -2.40. The molecular weight excluding hydrogens is 476 g/mol. The van der Waals surface area contributed by atoms with E-state index in [1.165, 1.54) is 14.2 Å². The van der Waals surface area contributed by atoms with Gasteiger partial charge in [0.1, 0.15) is 5.75 Å². The van der Waals surface area contributed by atoms with Crippen LogP contribution in [0.15, 0.2) is 65.6 Å². The third kappa shape index (κ3) is 4.73. The van der Waals surface area contributed by atoms with Crippen LogP contribution < -0.4 is 19.5 Å². The van der Waals surface area contributed by atoms with Crippen molar-refractivity contribution >= 4 is 23.6 Å². The van der Waals surface area contributed by atoms with Gasteiger partial charge in [-0.15, -0.1) is 11.8 Å². The van der Waals surface area contributed by atoms with Crippen molar-refractivity contribution in [3.63, 3.8) is 0 Å². The van der Waals surface area contributed by atoms with Crippen molar-refractivity contribution in [2.75, 3.05) is 34.6 Å². The lowest BCUT2D eigenvalue weighted by molar-refractivity contribution is -0.124. The van der Waals surface area contributed by atoms with Gasteiger partial charge in [0.05, 0.1) is 33.3 Å². The Labute approximate surface area is 215 Å². The summed E-state index contributed by atoms with van der Waals surface area (Å²) in [6.45, 7) is 0.289. The molecule has 0 radical (unpaired) electrons. The number of rotatable bonds is 8. The molecule has 7 nitrogen and oxygen atoms in total. The Morgan fingerprint density at radius 1 is 0.944 bits per heavy atom. The van der Waals surface area contributed by atoms with Gasteiger partial charge in [-0.25, -0.2) is 0 Å². The Balaban J connectivity index is 1.80. The summed E-state index contributed by atoms with van der Waals surface area (Å²) in [6, 6.07) is 18.4. The van der Waals surface area contributed by atoms with Gasteiger partial charge in [0.2, 0.25) is 5.91 Å². The molecule has 0 aromatic heterocycles. The van der Waals surface area contributed by atoms with Gasteiger partial charge in [0.15, 0.2) is 11.5 Å². The second-order valence-electron chi connectivity index (χ2n) is 8.44. The molecule has 1 aliphatic heterocycles. The van der Waals surface area contributed by atoms with Crippen molar-refractivity contribution in [2.24, 2.45) is 0 Å². The van der Waals surface area contributed by atoms with Crippen molar-refractivity contribution in [2.45, 2.75) is 23.4 Å². The van der Waals surface area contributed by atoms with Crippen LogP contribution in [0.2, 0.25) is 0 Å². The molecule has 3 aromatic carbocycles. The van der Waals surface area contributed by atoms with Crippen LogP contribution in [0, 0.1) is 0 Å². The summed E-state index contributed by atoms with van der Waals surface area (Å²) in [5, 5.41) is 3.07. The summed E-state index contributed by atoms with van der Waals surface area (Å²) >= 11 is 1.64. The average molecular weight is 507 g/mol. The van der Waals surface area contributed by atoms with Crippen molar-refractivity contribution < 1.29 is 23.8 Å². The van der Waals surface area contributed by atoms with E-state index in [-0.39, 0.29) is 18.4 Å². The fourth-order valence-corrected chi connectivity index (χ4v) is 5.10. The Bertz CT molecular complexity index is 1260. The largest absolute Gasteiger partial charge is 0.496 e. The summed E-state index contributed by atoms with van der Waals surface area (Å²) in [5.74, 6) is 0.551. The van der Waals surface area contributed by atoms with Crippen LogP contribution in [0.4, 0.5) is 0 Å². The number of ether oxygens (including phenoxy) is 3. The highest BCUT2D eigenvalue weighted by Gasteiger charge is 2.43. The van der Waals surface area contributed by atoms with Gasteiger partial charge in [0, 0.05) is 29.6 Å². The van der Waals surface area contributed by atoms with E-state index in [0.717, 1.165) is 16.0 Å². The van der Waals surface area contributed by atoms with E-state index in [2.05, 4.69) is 5.32 Å². The molecule has 2 amide bonds. The first-order chi connectivity index (χ1) is 17.4. The maximum Gasteiger partial charge on any atom is 0.254 e. The number of carbonyl (C=O) groups excluding carboxylic acids is 2. The van der Waals surface area contributed by atoms with Crippen LogP contribution >= 0.6 is 11.8 Å². The Morgan fingerprint density at radius 2 is 1.58 bits per heavy atom. The molecular formula is C28H30N2O5S. The first-order valence-corrected chi connectivity index (χ1v) is 12.7. The molecule has 0 saturated heterocycles. The number of hydrogen-bond acceptors (Lipinski definition) is 6. The van der Waals surface area contributed by atoms with Crippen molar-refractivity contribution in [3.8, 4) is 17.2 Å². The highest BCUT2D eigenvalue weighted by molar-refractivity contribution is 7.98. The number of likely N-dealkylation sites (N-methyl/N-ethyl adjacent to an activating group) is 1. The number of nitrogens with one attached hydrogen (secondary N) is 1. The van der Waals surface area contributed by atoms with E-state index in [9.17, 15) is 9.59 Å². The zero-order chi connectivity index (χ0) is 25.8. The van der Waals surface area contributed by atoms with Gasteiger partial charge >= 0.3 is 0 Å². The fraction of sp³-hybridized carbons (Fsp3) is 0.286. The third-order valence-electron chi connectivity index (χ3n) is 6.56. The van der Waals surface area contributed by atoms with Crippen LogP contribution in [-0.2, 0) is 11.3 Å². The number of fused-ring (bicyclic) bond motifs is 1. The molecule has 36 heavy (non-hydrogen) atoms. The Kier molecular flexibility index (Phi) is 7.74. The van der Waals surface area contributed by atoms with Crippen LogP contribution in [-0.4, -0.2) is 51.3 Å². The number of hydrogen-bond donors (Lipinski definition) is 1. The Hall–Kier alpha value is -3.65. The average Bonchev–Trinajstić information content (AvgIpc) is 2.92. The number of thioether (sulfide) groups is 1. The monoisotopic (exact) mass is 506 g/mol. The first-order valence-electron chi connectivity index (χ1n) is 11.5. The van der Waals surface area contributed by atoms with Crippen molar-refractivity contribution in [3.05, 3.63) is 82.9 Å². The minimum Gasteiger partial charge on any atom is -0.496 e. The van der Waals surface area contributed by atoms with Crippen LogP contribution in [0.5, 0.6) is 17.2 Å². The number of amides is 2. The van der Waals surface area contributed by atoms with Crippen molar-refractivity contribution in [1.82, 2.24) is 10.2 Å². The summed E-state index contributed by atoms with van der Waals surface area (Å²) in [7, 11) is 6.40. The summed E-state index contributed by atoms with van der Waals surface area (Å²) in [5.41, 5.74) is 2.76. The maximum atomic E-state index is 13.9. The third-order valence-corrected chi connectivity index (χ3v) is 7.30. The van der Waals surface area contributed by atoms with Crippen molar-refractivity contribution in [1.29, 1.82) is 0 Å². The SMILES string of the molecule is COc1ccccc1CNC(=O)[C@H]1c2cc(OC)c(OC)cc2C(=O)N(C)[C@@H]1c1ccc(SC)cc1. The second kappa shape index (κ2) is 11.0. The topological polar surface area (TPSA) is 77.1 Å². The molecule has 3 aromatic rings. The van der Waals surface area contributed by atoms with E-state index >= 15 is 0 Å². The summed E-state index contributed by atoms with van der Waals surface area (Å²) < 4.78 is 16.4. The zero-order valence-electron chi connectivity index (χ0n) is 21.0. The molecule has 1 aliphatic rings. The number of benzene rings is 3. The number of para-hydroxylation sites is 1. The molecule has 1 heterocycles. The quantitative estimate of drug-likeness (QED) is 0.448. The highest BCUT2D eigenvalue weighted by Crippen LogP contribution is 2.45. The molecule has 0 unspecified atom stereocenters. The minimum atomic E-state index is -0.669. The fourth-order valence-electron chi connectivity index (χ4n) is 4.69. The number of methoxy groups -OCH3 is 3. The lowest BCUT2D eigenvalue weighted by Crippen LogP contribution is -2.45. The number of carbonyl (C=O) groups is 2. The van der Waals surface area contributed by atoms with E-state index in [1.54, 1.807) is 43.0 Å².